The number of amides is 2. The van der Waals surface area contributed by atoms with Crippen LogP contribution in [0.1, 0.15) is 37.4 Å². The van der Waals surface area contributed by atoms with Gasteiger partial charge in [-0.15, -0.1) is 0 Å². The summed E-state index contributed by atoms with van der Waals surface area (Å²) < 4.78 is 24.8. The summed E-state index contributed by atoms with van der Waals surface area (Å²) in [5.74, 6) is -1.64. The third-order valence-corrected chi connectivity index (χ3v) is 8.89. The first kappa shape index (κ1) is 30.0. The van der Waals surface area contributed by atoms with Gasteiger partial charge in [-0.1, -0.05) is 30.3 Å². The third kappa shape index (κ3) is 6.77. The Balaban J connectivity index is 1.30. The number of piperazine rings is 1. The molecule has 0 atom stereocenters. The zero-order valence-electron chi connectivity index (χ0n) is 23.9. The van der Waals surface area contributed by atoms with Crippen LogP contribution in [0.2, 0.25) is 0 Å². The molecule has 12 heteroatoms. The van der Waals surface area contributed by atoms with Crippen molar-refractivity contribution in [3.05, 3.63) is 94.5 Å². The lowest BCUT2D eigenvalue weighted by atomic mass is 9.96. The average Bonchev–Trinajstić information content (AvgIpc) is 3.30. The minimum atomic E-state index is -3.18. The number of aryl methyl sites for hydroxylation is 1. The summed E-state index contributed by atoms with van der Waals surface area (Å²) in [6, 6.07) is 19.4. The Hall–Kier alpha value is -4.52. The smallest absolute Gasteiger partial charge is 0.336 e. The van der Waals surface area contributed by atoms with Gasteiger partial charge >= 0.3 is 5.97 Å². The van der Waals surface area contributed by atoms with E-state index in [1.807, 2.05) is 30.3 Å². The van der Waals surface area contributed by atoms with Crippen LogP contribution in [0.15, 0.2) is 66.7 Å². The molecule has 2 aliphatic rings. The van der Waals surface area contributed by atoms with Crippen LogP contribution in [0.4, 0.5) is 11.4 Å². The highest BCUT2D eigenvalue weighted by atomic mass is 32.2. The van der Waals surface area contributed by atoms with Gasteiger partial charge in [0.2, 0.25) is 10.0 Å². The lowest BCUT2D eigenvalue weighted by molar-refractivity contribution is -0.110. The number of hydrogen-bond acceptors (Lipinski definition) is 7. The van der Waals surface area contributed by atoms with Crippen molar-refractivity contribution < 1.29 is 27.9 Å². The quantitative estimate of drug-likeness (QED) is 0.273. The van der Waals surface area contributed by atoms with Crippen LogP contribution in [0, 0.1) is 6.92 Å². The molecule has 0 aromatic heterocycles. The zero-order chi connectivity index (χ0) is 30.7. The molecular formula is C31H33N5O6S. The molecule has 3 aromatic carbocycles. The molecule has 2 amide bonds. The molecule has 3 aromatic rings. The second-order valence-electron chi connectivity index (χ2n) is 10.5. The molecule has 0 spiro atoms. The van der Waals surface area contributed by atoms with Crippen molar-refractivity contribution in [3.8, 4) is 0 Å². The fraction of sp³-hybridized carbons (Fsp3) is 0.258. The highest BCUT2D eigenvalue weighted by Gasteiger charge is 2.30. The van der Waals surface area contributed by atoms with E-state index < -0.39 is 16.0 Å². The van der Waals surface area contributed by atoms with E-state index in [0.29, 0.717) is 78.6 Å². The molecule has 0 bridgehead atoms. The van der Waals surface area contributed by atoms with Crippen LogP contribution in [0.25, 0.3) is 11.3 Å². The van der Waals surface area contributed by atoms with Crippen LogP contribution in [0.3, 0.4) is 0 Å². The van der Waals surface area contributed by atoms with Crippen LogP contribution >= 0.6 is 0 Å². The van der Waals surface area contributed by atoms with Crippen molar-refractivity contribution in [1.82, 2.24) is 14.5 Å². The van der Waals surface area contributed by atoms with Gasteiger partial charge in [0.15, 0.2) is 0 Å². The number of rotatable bonds is 9. The van der Waals surface area contributed by atoms with E-state index in [2.05, 4.69) is 20.9 Å². The fourth-order valence-corrected chi connectivity index (χ4v) is 6.08. The fourth-order valence-electron chi connectivity index (χ4n) is 5.25. The molecule has 2 heterocycles. The molecule has 0 unspecified atom stereocenters. The lowest BCUT2D eigenvalue weighted by Crippen LogP contribution is -2.49. The maximum absolute atomic E-state index is 13.2. The standard InChI is InChI=1S/C31H33N5O6S/c1-20-18-25-26(19-24(20)31(39)40)34-30(38)27(25)28(21-6-4-3-5-7-21)33-23-10-8-22(9-11-23)29(37)32-12-13-35-14-16-36(17-15-35)43(2,41)42/h3-11,18-19,33H,12-17H2,1-2H3,(H,32,37)(H,34,38)(H,39,40)/b28-27-. The van der Waals surface area contributed by atoms with Gasteiger partial charge in [-0.3, -0.25) is 14.5 Å². The van der Waals surface area contributed by atoms with Crippen LogP contribution in [0.5, 0.6) is 0 Å². The normalized spacial score (nSPS) is 16.7. The summed E-state index contributed by atoms with van der Waals surface area (Å²) in [6.45, 7) is 4.86. The number of sulfonamides is 1. The molecule has 11 nitrogen and oxygen atoms in total. The molecule has 0 saturated carbocycles. The Morgan fingerprint density at radius 2 is 1.63 bits per heavy atom. The van der Waals surface area contributed by atoms with Crippen molar-refractivity contribution in [1.29, 1.82) is 0 Å². The summed E-state index contributed by atoms with van der Waals surface area (Å²) in [4.78, 5) is 39.7. The van der Waals surface area contributed by atoms with Gasteiger partial charge in [-0.05, 0) is 54.4 Å². The van der Waals surface area contributed by atoms with Crippen molar-refractivity contribution in [3.63, 3.8) is 0 Å². The van der Waals surface area contributed by atoms with Gasteiger partial charge in [0.05, 0.1) is 28.8 Å². The van der Waals surface area contributed by atoms with Gasteiger partial charge in [0, 0.05) is 56.1 Å². The Bertz CT molecular complexity index is 1700. The third-order valence-electron chi connectivity index (χ3n) is 7.58. The predicted molar refractivity (Wildman–Crippen MR) is 165 cm³/mol. The number of anilines is 2. The molecule has 4 N–H and O–H groups in total. The van der Waals surface area contributed by atoms with E-state index in [4.69, 9.17) is 0 Å². The Morgan fingerprint density at radius 1 is 0.953 bits per heavy atom. The Morgan fingerprint density at radius 3 is 2.26 bits per heavy atom. The molecular weight excluding hydrogens is 570 g/mol. The molecule has 1 saturated heterocycles. The number of carbonyl (C=O) groups excluding carboxylic acids is 2. The van der Waals surface area contributed by atoms with Crippen LogP contribution in [-0.4, -0.2) is 86.0 Å². The van der Waals surface area contributed by atoms with Crippen molar-refractivity contribution in [2.45, 2.75) is 6.92 Å². The first-order valence-corrected chi connectivity index (χ1v) is 15.7. The molecule has 224 valence electrons. The minimum Gasteiger partial charge on any atom is -0.478 e. The van der Waals surface area contributed by atoms with Crippen LogP contribution in [-0.2, 0) is 14.8 Å². The number of fused-ring (bicyclic) bond motifs is 1. The highest BCUT2D eigenvalue weighted by Crippen LogP contribution is 2.39. The van der Waals surface area contributed by atoms with E-state index in [1.165, 1.54) is 16.6 Å². The van der Waals surface area contributed by atoms with E-state index in [0.717, 1.165) is 5.56 Å². The van der Waals surface area contributed by atoms with Gasteiger partial charge < -0.3 is 21.1 Å². The van der Waals surface area contributed by atoms with Gasteiger partial charge in [-0.2, -0.15) is 4.31 Å². The minimum absolute atomic E-state index is 0.123. The maximum atomic E-state index is 13.2. The maximum Gasteiger partial charge on any atom is 0.336 e. The molecule has 1 fully saturated rings. The number of hydrogen-bond donors (Lipinski definition) is 4. The summed E-state index contributed by atoms with van der Waals surface area (Å²) in [6.07, 6.45) is 1.21. The number of carboxylic acids is 1. The SMILES string of the molecule is Cc1cc2c(cc1C(=O)O)NC(=O)/C2=C(\Nc1ccc(C(=O)NCCN2CCN(S(C)(=O)=O)CC2)cc1)c1ccccc1. The molecule has 0 radical (unpaired) electrons. The summed E-state index contributed by atoms with van der Waals surface area (Å²) in [7, 11) is -3.18. The number of carbonyl (C=O) groups is 3. The van der Waals surface area contributed by atoms with E-state index in [1.54, 1.807) is 37.3 Å². The first-order chi connectivity index (χ1) is 20.5. The Kier molecular flexibility index (Phi) is 8.62. The molecule has 5 rings (SSSR count). The second kappa shape index (κ2) is 12.4. The summed E-state index contributed by atoms with van der Waals surface area (Å²) >= 11 is 0. The molecule has 43 heavy (non-hydrogen) atoms. The molecule has 0 aliphatic carbocycles. The zero-order valence-corrected chi connectivity index (χ0v) is 24.7. The van der Waals surface area contributed by atoms with Crippen molar-refractivity contribution in [2.75, 3.05) is 56.2 Å². The predicted octanol–water partition coefficient (Wildman–Crippen LogP) is 2.93. The van der Waals surface area contributed by atoms with Gasteiger partial charge in [0.1, 0.15) is 0 Å². The van der Waals surface area contributed by atoms with Crippen molar-refractivity contribution in [2.24, 2.45) is 0 Å². The van der Waals surface area contributed by atoms with Gasteiger partial charge in [-0.25, -0.2) is 13.2 Å². The van der Waals surface area contributed by atoms with E-state index in [9.17, 15) is 27.9 Å². The molecule has 2 aliphatic heterocycles. The number of carboxylic acid groups (broad SMARTS) is 1. The van der Waals surface area contributed by atoms with Crippen LogP contribution < -0.4 is 16.0 Å². The van der Waals surface area contributed by atoms with E-state index in [-0.39, 0.29) is 17.4 Å². The average molecular weight is 604 g/mol. The lowest BCUT2D eigenvalue weighted by Gasteiger charge is -2.33. The summed E-state index contributed by atoms with van der Waals surface area (Å²) in [5.41, 5.74) is 4.54. The number of aromatic carboxylic acids is 1. The number of nitrogens with one attached hydrogen (secondary N) is 3. The van der Waals surface area contributed by atoms with Gasteiger partial charge in [0.25, 0.3) is 11.8 Å². The Labute approximate surface area is 250 Å². The number of nitrogens with zero attached hydrogens (tertiary/aromatic N) is 2. The highest BCUT2D eigenvalue weighted by molar-refractivity contribution is 7.88. The topological polar surface area (TPSA) is 148 Å². The largest absolute Gasteiger partial charge is 0.478 e. The summed E-state index contributed by atoms with van der Waals surface area (Å²) in [5, 5.41) is 18.6. The second-order valence-corrected chi connectivity index (χ2v) is 12.5. The first-order valence-electron chi connectivity index (χ1n) is 13.8. The number of benzene rings is 3. The monoisotopic (exact) mass is 603 g/mol. The van der Waals surface area contributed by atoms with E-state index >= 15 is 0 Å². The van der Waals surface area contributed by atoms with Crippen molar-refractivity contribution >= 4 is 50.5 Å².